The molecule has 0 fully saturated rings. The summed E-state index contributed by atoms with van der Waals surface area (Å²) in [5.74, 6) is 0.0442. The average Bonchev–Trinajstić information content (AvgIpc) is 2.38. The van der Waals surface area contributed by atoms with Crippen LogP contribution in [0.15, 0.2) is 48.5 Å². The molecule has 0 bridgehead atoms. The summed E-state index contributed by atoms with van der Waals surface area (Å²) >= 11 is 0. The Morgan fingerprint density at radius 2 is 1.89 bits per heavy atom. The molecule has 2 nitrogen and oxygen atoms in total. The lowest BCUT2D eigenvalue weighted by Crippen LogP contribution is -2.18. The van der Waals surface area contributed by atoms with Crippen molar-refractivity contribution >= 4 is 0 Å². The van der Waals surface area contributed by atoms with Crippen LogP contribution in [0.5, 0.6) is 5.75 Å². The Balaban J connectivity index is 1.96. The summed E-state index contributed by atoms with van der Waals surface area (Å²) in [6.45, 7) is 2.67. The van der Waals surface area contributed by atoms with Crippen molar-refractivity contribution in [3.63, 3.8) is 0 Å². The predicted octanol–water partition coefficient (Wildman–Crippen LogP) is 3.38. The van der Waals surface area contributed by atoms with Gasteiger partial charge in [-0.15, -0.1) is 0 Å². The Morgan fingerprint density at radius 1 is 1.17 bits per heavy atom. The smallest absolute Gasteiger partial charge is 0.123 e. The molecular weight excluding hydrogens is 229 g/mol. The molecule has 0 radical (unpaired) electrons. The molecule has 94 valence electrons. The van der Waals surface area contributed by atoms with Gasteiger partial charge in [-0.25, -0.2) is 4.39 Å². The van der Waals surface area contributed by atoms with E-state index in [9.17, 15) is 9.50 Å². The van der Waals surface area contributed by atoms with Gasteiger partial charge in [-0.3, -0.25) is 0 Å². The largest absolute Gasteiger partial charge is 0.508 e. The van der Waals surface area contributed by atoms with Crippen molar-refractivity contribution in [1.82, 2.24) is 5.32 Å². The normalized spacial score (nSPS) is 12.3. The minimum absolute atomic E-state index is 0.0782. The fraction of sp³-hybridized carbons (Fsp3) is 0.200. The molecule has 0 amide bonds. The van der Waals surface area contributed by atoms with Crippen LogP contribution in [0.3, 0.4) is 0 Å². The van der Waals surface area contributed by atoms with Gasteiger partial charge >= 0.3 is 0 Å². The van der Waals surface area contributed by atoms with Crippen LogP contribution >= 0.6 is 0 Å². The molecule has 0 spiro atoms. The predicted molar refractivity (Wildman–Crippen MR) is 69.8 cm³/mol. The van der Waals surface area contributed by atoms with E-state index >= 15 is 0 Å². The van der Waals surface area contributed by atoms with Gasteiger partial charge < -0.3 is 10.4 Å². The van der Waals surface area contributed by atoms with Gasteiger partial charge in [0.05, 0.1) is 0 Å². The summed E-state index contributed by atoms with van der Waals surface area (Å²) in [4.78, 5) is 0. The maximum atomic E-state index is 13.1. The highest BCUT2D eigenvalue weighted by atomic mass is 19.1. The third-order valence-electron chi connectivity index (χ3n) is 2.90. The van der Waals surface area contributed by atoms with Crippen molar-refractivity contribution < 1.29 is 9.50 Å². The number of nitrogens with one attached hydrogen (secondary N) is 1. The van der Waals surface area contributed by atoms with Gasteiger partial charge in [-0.1, -0.05) is 24.3 Å². The van der Waals surface area contributed by atoms with Gasteiger partial charge in [0.2, 0.25) is 0 Å². The fourth-order valence-electron chi connectivity index (χ4n) is 1.78. The second kappa shape index (κ2) is 5.65. The van der Waals surface area contributed by atoms with Crippen LogP contribution < -0.4 is 5.32 Å². The SMILES string of the molecule is C[C@H](NCc1ccc(O)cc1)c1cccc(F)c1. The number of rotatable bonds is 4. The van der Waals surface area contributed by atoms with Crippen molar-refractivity contribution in [2.24, 2.45) is 0 Å². The molecular formula is C15H16FNO. The van der Waals surface area contributed by atoms with E-state index in [0.29, 0.717) is 6.54 Å². The fourth-order valence-corrected chi connectivity index (χ4v) is 1.78. The van der Waals surface area contributed by atoms with Crippen molar-refractivity contribution in [2.75, 3.05) is 0 Å². The molecule has 2 rings (SSSR count). The summed E-state index contributed by atoms with van der Waals surface area (Å²) in [7, 11) is 0. The summed E-state index contributed by atoms with van der Waals surface area (Å²) in [5, 5.41) is 12.5. The van der Waals surface area contributed by atoms with Gasteiger partial charge in [-0.05, 0) is 42.3 Å². The second-order valence-corrected chi connectivity index (χ2v) is 4.32. The zero-order valence-corrected chi connectivity index (χ0v) is 10.2. The Kier molecular flexibility index (Phi) is 3.95. The van der Waals surface area contributed by atoms with Crippen LogP contribution in [0.2, 0.25) is 0 Å². The van der Waals surface area contributed by atoms with E-state index in [1.54, 1.807) is 18.2 Å². The molecule has 0 heterocycles. The van der Waals surface area contributed by atoms with Gasteiger partial charge in [0.15, 0.2) is 0 Å². The lowest BCUT2D eigenvalue weighted by atomic mass is 10.1. The molecule has 0 aliphatic rings. The van der Waals surface area contributed by atoms with Crippen molar-refractivity contribution in [2.45, 2.75) is 19.5 Å². The molecule has 0 saturated carbocycles. The van der Waals surface area contributed by atoms with E-state index in [-0.39, 0.29) is 17.6 Å². The maximum Gasteiger partial charge on any atom is 0.123 e. The Labute approximate surface area is 106 Å². The minimum Gasteiger partial charge on any atom is -0.508 e. The monoisotopic (exact) mass is 245 g/mol. The topological polar surface area (TPSA) is 32.3 Å². The van der Waals surface area contributed by atoms with E-state index in [4.69, 9.17) is 0 Å². The first-order valence-electron chi connectivity index (χ1n) is 5.92. The van der Waals surface area contributed by atoms with Crippen LogP contribution in [0, 0.1) is 5.82 Å². The molecule has 0 unspecified atom stereocenters. The van der Waals surface area contributed by atoms with E-state index in [0.717, 1.165) is 11.1 Å². The summed E-state index contributed by atoms with van der Waals surface area (Å²) < 4.78 is 13.1. The Morgan fingerprint density at radius 3 is 2.56 bits per heavy atom. The number of benzene rings is 2. The lowest BCUT2D eigenvalue weighted by Gasteiger charge is -2.14. The van der Waals surface area contributed by atoms with Gasteiger partial charge in [0.25, 0.3) is 0 Å². The number of phenols is 1. The quantitative estimate of drug-likeness (QED) is 0.865. The first-order chi connectivity index (χ1) is 8.65. The van der Waals surface area contributed by atoms with Crippen LogP contribution in [0.4, 0.5) is 4.39 Å². The number of hydrogen-bond acceptors (Lipinski definition) is 2. The zero-order valence-electron chi connectivity index (χ0n) is 10.2. The molecule has 2 aromatic carbocycles. The highest BCUT2D eigenvalue weighted by Crippen LogP contribution is 2.15. The molecule has 0 aliphatic heterocycles. The molecule has 0 aromatic heterocycles. The molecule has 3 heteroatoms. The summed E-state index contributed by atoms with van der Waals surface area (Å²) in [5.41, 5.74) is 2.00. The molecule has 18 heavy (non-hydrogen) atoms. The third kappa shape index (κ3) is 3.31. The van der Waals surface area contributed by atoms with Crippen LogP contribution in [0.1, 0.15) is 24.1 Å². The number of hydrogen-bond donors (Lipinski definition) is 2. The van der Waals surface area contributed by atoms with E-state index in [1.165, 1.54) is 12.1 Å². The van der Waals surface area contributed by atoms with E-state index in [2.05, 4.69) is 5.32 Å². The average molecular weight is 245 g/mol. The van der Waals surface area contributed by atoms with Gasteiger partial charge in [0.1, 0.15) is 11.6 Å². The standard InChI is InChI=1S/C15H16FNO/c1-11(13-3-2-4-14(16)9-13)17-10-12-5-7-15(18)8-6-12/h2-9,11,17-18H,10H2,1H3/t11-/m0/s1. The zero-order chi connectivity index (χ0) is 13.0. The van der Waals surface area contributed by atoms with Gasteiger partial charge in [0, 0.05) is 12.6 Å². The van der Waals surface area contributed by atoms with Crippen LogP contribution in [-0.4, -0.2) is 5.11 Å². The summed E-state index contributed by atoms with van der Waals surface area (Å²) in [6.07, 6.45) is 0. The number of phenolic OH excluding ortho intramolecular Hbond substituents is 1. The van der Waals surface area contributed by atoms with Crippen molar-refractivity contribution in [1.29, 1.82) is 0 Å². The summed E-state index contributed by atoms with van der Waals surface area (Å²) in [6, 6.07) is 13.7. The highest BCUT2D eigenvalue weighted by Gasteiger charge is 2.05. The Bertz CT molecular complexity index is 510. The maximum absolute atomic E-state index is 13.1. The molecule has 2 N–H and O–H groups in total. The number of halogens is 1. The number of aromatic hydroxyl groups is 1. The van der Waals surface area contributed by atoms with Crippen LogP contribution in [0.25, 0.3) is 0 Å². The van der Waals surface area contributed by atoms with E-state index in [1.807, 2.05) is 25.1 Å². The molecule has 2 aromatic rings. The molecule has 0 aliphatic carbocycles. The van der Waals surface area contributed by atoms with Crippen molar-refractivity contribution in [3.05, 3.63) is 65.5 Å². The first-order valence-corrected chi connectivity index (χ1v) is 5.92. The second-order valence-electron chi connectivity index (χ2n) is 4.32. The first kappa shape index (κ1) is 12.6. The minimum atomic E-state index is -0.217. The van der Waals surface area contributed by atoms with Gasteiger partial charge in [-0.2, -0.15) is 0 Å². The molecule has 1 atom stereocenters. The Hall–Kier alpha value is -1.87. The van der Waals surface area contributed by atoms with Crippen molar-refractivity contribution in [3.8, 4) is 5.75 Å². The molecule has 0 saturated heterocycles. The highest BCUT2D eigenvalue weighted by molar-refractivity contribution is 5.26. The van der Waals surface area contributed by atoms with E-state index < -0.39 is 0 Å². The third-order valence-corrected chi connectivity index (χ3v) is 2.90. The lowest BCUT2D eigenvalue weighted by molar-refractivity contribution is 0.474. The van der Waals surface area contributed by atoms with Crippen LogP contribution in [-0.2, 0) is 6.54 Å².